The number of carboxylic acid groups (broad SMARTS) is 1. The highest BCUT2D eigenvalue weighted by Crippen LogP contribution is 2.11. The maximum atomic E-state index is 10.6. The van der Waals surface area contributed by atoms with Gasteiger partial charge in [0.2, 0.25) is 0 Å². The Bertz CT molecular complexity index is 322. The van der Waals surface area contributed by atoms with Crippen LogP contribution in [0.5, 0.6) is 0 Å². The topological polar surface area (TPSA) is 81.1 Å². The van der Waals surface area contributed by atoms with E-state index in [2.05, 4.69) is 5.10 Å². The van der Waals surface area contributed by atoms with Crippen LogP contribution >= 0.6 is 12.4 Å². The monoisotopic (exact) mass is 205 g/mol. The molecule has 0 radical (unpaired) electrons. The van der Waals surface area contributed by atoms with Crippen LogP contribution in [0.3, 0.4) is 0 Å². The van der Waals surface area contributed by atoms with Gasteiger partial charge >= 0.3 is 5.97 Å². The Morgan fingerprint density at radius 1 is 1.69 bits per heavy atom. The Hall–Kier alpha value is -1.07. The van der Waals surface area contributed by atoms with Gasteiger partial charge in [0, 0.05) is 24.8 Å². The van der Waals surface area contributed by atoms with Crippen molar-refractivity contribution < 1.29 is 9.90 Å². The molecular formula is C7H12ClN3O2. The number of aromatic carboxylic acids is 1. The number of rotatable bonds is 2. The van der Waals surface area contributed by atoms with Crippen molar-refractivity contribution in [3.05, 3.63) is 17.0 Å². The van der Waals surface area contributed by atoms with E-state index in [1.54, 1.807) is 14.0 Å². The van der Waals surface area contributed by atoms with E-state index in [-0.39, 0.29) is 24.6 Å². The highest BCUT2D eigenvalue weighted by Gasteiger charge is 2.16. The first-order valence-corrected chi connectivity index (χ1v) is 3.53. The Labute approximate surface area is 81.9 Å². The molecule has 1 rings (SSSR count). The van der Waals surface area contributed by atoms with Gasteiger partial charge in [0.15, 0.2) is 5.69 Å². The number of hydrogen-bond donors (Lipinski definition) is 2. The standard InChI is InChI=1S/C7H11N3O2.ClH/c1-4-5(3-8)6(7(11)12)9-10(4)2;/h3,8H2,1-2H3,(H,11,12);1H. The lowest BCUT2D eigenvalue weighted by Crippen LogP contribution is -2.06. The lowest BCUT2D eigenvalue weighted by atomic mass is 10.2. The first kappa shape index (κ1) is 11.9. The van der Waals surface area contributed by atoms with Gasteiger partial charge in [-0.2, -0.15) is 5.10 Å². The highest BCUT2D eigenvalue weighted by atomic mass is 35.5. The summed E-state index contributed by atoms with van der Waals surface area (Å²) < 4.78 is 1.52. The molecule has 0 aliphatic heterocycles. The van der Waals surface area contributed by atoms with Crippen molar-refractivity contribution in [2.24, 2.45) is 12.8 Å². The molecule has 0 saturated carbocycles. The predicted molar refractivity (Wildman–Crippen MR) is 50.0 cm³/mol. The van der Waals surface area contributed by atoms with Crippen LogP contribution in [-0.4, -0.2) is 20.9 Å². The Balaban J connectivity index is 0.00000144. The van der Waals surface area contributed by atoms with Crippen LogP contribution in [0.4, 0.5) is 0 Å². The summed E-state index contributed by atoms with van der Waals surface area (Å²) in [6.07, 6.45) is 0. The number of carboxylic acids is 1. The van der Waals surface area contributed by atoms with E-state index in [0.29, 0.717) is 5.56 Å². The van der Waals surface area contributed by atoms with Gasteiger partial charge in [-0.15, -0.1) is 12.4 Å². The van der Waals surface area contributed by atoms with Crippen LogP contribution in [0, 0.1) is 6.92 Å². The molecule has 0 unspecified atom stereocenters. The lowest BCUT2D eigenvalue weighted by molar-refractivity contribution is 0.0688. The zero-order valence-corrected chi connectivity index (χ0v) is 8.26. The Morgan fingerprint density at radius 3 is 2.54 bits per heavy atom. The first-order chi connectivity index (χ1) is 5.57. The van der Waals surface area contributed by atoms with Gasteiger partial charge in [0.05, 0.1) is 0 Å². The molecule has 0 spiro atoms. The normalized spacial score (nSPS) is 9.46. The molecule has 5 nitrogen and oxygen atoms in total. The molecule has 3 N–H and O–H groups in total. The van der Waals surface area contributed by atoms with E-state index < -0.39 is 5.97 Å². The van der Waals surface area contributed by atoms with Crippen molar-refractivity contribution in [1.29, 1.82) is 0 Å². The van der Waals surface area contributed by atoms with Crippen LogP contribution < -0.4 is 5.73 Å². The van der Waals surface area contributed by atoms with Crippen molar-refractivity contribution in [2.45, 2.75) is 13.5 Å². The van der Waals surface area contributed by atoms with E-state index in [4.69, 9.17) is 10.8 Å². The number of hydrogen-bond acceptors (Lipinski definition) is 3. The summed E-state index contributed by atoms with van der Waals surface area (Å²) in [6.45, 7) is 2.00. The number of carbonyl (C=O) groups is 1. The average Bonchev–Trinajstić information content (AvgIpc) is 2.29. The van der Waals surface area contributed by atoms with Gasteiger partial charge < -0.3 is 10.8 Å². The van der Waals surface area contributed by atoms with Gasteiger partial charge in [-0.3, -0.25) is 4.68 Å². The molecule has 6 heteroatoms. The van der Waals surface area contributed by atoms with E-state index in [0.717, 1.165) is 5.69 Å². The number of nitrogens with two attached hydrogens (primary N) is 1. The summed E-state index contributed by atoms with van der Waals surface area (Å²) >= 11 is 0. The molecule has 1 aromatic rings. The number of halogens is 1. The maximum Gasteiger partial charge on any atom is 0.356 e. The quantitative estimate of drug-likeness (QED) is 0.728. The molecule has 0 atom stereocenters. The van der Waals surface area contributed by atoms with Crippen LogP contribution in [0.2, 0.25) is 0 Å². The van der Waals surface area contributed by atoms with Crippen molar-refractivity contribution in [2.75, 3.05) is 0 Å². The van der Waals surface area contributed by atoms with Gasteiger partial charge in [0.1, 0.15) is 0 Å². The molecule has 0 aromatic carbocycles. The number of aryl methyl sites for hydroxylation is 1. The van der Waals surface area contributed by atoms with E-state index in [1.807, 2.05) is 0 Å². The fourth-order valence-electron chi connectivity index (χ4n) is 1.07. The second-order valence-corrected chi connectivity index (χ2v) is 2.55. The molecule has 0 aliphatic rings. The first-order valence-electron chi connectivity index (χ1n) is 3.53. The largest absolute Gasteiger partial charge is 0.476 e. The maximum absolute atomic E-state index is 10.6. The van der Waals surface area contributed by atoms with E-state index in [9.17, 15) is 4.79 Å². The average molecular weight is 206 g/mol. The lowest BCUT2D eigenvalue weighted by Gasteiger charge is -1.95. The zero-order valence-electron chi connectivity index (χ0n) is 7.44. The third-order valence-corrected chi connectivity index (χ3v) is 1.86. The summed E-state index contributed by atoms with van der Waals surface area (Å²) in [4.78, 5) is 10.6. The number of aromatic nitrogens is 2. The minimum atomic E-state index is -1.03. The molecular weight excluding hydrogens is 194 g/mol. The summed E-state index contributed by atoms with van der Waals surface area (Å²) in [5, 5.41) is 12.5. The second-order valence-electron chi connectivity index (χ2n) is 2.55. The molecule has 0 saturated heterocycles. The second kappa shape index (κ2) is 4.25. The summed E-state index contributed by atoms with van der Waals surface area (Å²) in [7, 11) is 1.70. The predicted octanol–water partition coefficient (Wildman–Crippen LogP) is 0.307. The molecule has 0 bridgehead atoms. The third-order valence-electron chi connectivity index (χ3n) is 1.86. The SMILES string of the molecule is Cc1c(CN)c(C(=O)O)nn1C.Cl. The van der Waals surface area contributed by atoms with Crippen LogP contribution in [0.25, 0.3) is 0 Å². The van der Waals surface area contributed by atoms with Gasteiger partial charge in [-0.05, 0) is 6.92 Å². The highest BCUT2D eigenvalue weighted by molar-refractivity contribution is 5.87. The summed E-state index contributed by atoms with van der Waals surface area (Å²) in [5.41, 5.74) is 6.84. The van der Waals surface area contributed by atoms with Crippen LogP contribution in [-0.2, 0) is 13.6 Å². The van der Waals surface area contributed by atoms with Crippen molar-refractivity contribution >= 4 is 18.4 Å². The molecule has 1 aromatic heterocycles. The van der Waals surface area contributed by atoms with Gasteiger partial charge in [-0.25, -0.2) is 4.79 Å². The van der Waals surface area contributed by atoms with Gasteiger partial charge in [-0.1, -0.05) is 0 Å². The third kappa shape index (κ3) is 1.99. The molecule has 74 valence electrons. The minimum absolute atomic E-state index is 0. The Kier molecular flexibility index (Phi) is 3.90. The smallest absolute Gasteiger partial charge is 0.356 e. The minimum Gasteiger partial charge on any atom is -0.476 e. The van der Waals surface area contributed by atoms with Crippen LogP contribution in [0.1, 0.15) is 21.7 Å². The molecule has 0 amide bonds. The summed E-state index contributed by atoms with van der Waals surface area (Å²) in [5.74, 6) is -1.03. The molecule has 0 aliphatic carbocycles. The number of nitrogens with zero attached hydrogens (tertiary/aromatic N) is 2. The van der Waals surface area contributed by atoms with E-state index >= 15 is 0 Å². The summed E-state index contributed by atoms with van der Waals surface area (Å²) in [6, 6.07) is 0. The van der Waals surface area contributed by atoms with Crippen molar-refractivity contribution in [3.8, 4) is 0 Å². The van der Waals surface area contributed by atoms with E-state index in [1.165, 1.54) is 4.68 Å². The fraction of sp³-hybridized carbons (Fsp3) is 0.429. The molecule has 13 heavy (non-hydrogen) atoms. The van der Waals surface area contributed by atoms with Crippen LogP contribution in [0.15, 0.2) is 0 Å². The molecule has 1 heterocycles. The van der Waals surface area contributed by atoms with Gasteiger partial charge in [0.25, 0.3) is 0 Å². The molecule has 0 fully saturated rings. The van der Waals surface area contributed by atoms with Crippen molar-refractivity contribution in [3.63, 3.8) is 0 Å². The Morgan fingerprint density at radius 2 is 2.23 bits per heavy atom. The van der Waals surface area contributed by atoms with Crippen molar-refractivity contribution in [1.82, 2.24) is 9.78 Å². The zero-order chi connectivity index (χ0) is 9.30. The fourth-order valence-corrected chi connectivity index (χ4v) is 1.07.